The largest absolute Gasteiger partial charge is 0.368 e. The molecule has 1 saturated heterocycles. The summed E-state index contributed by atoms with van der Waals surface area (Å²) in [6.07, 6.45) is 2.18. The summed E-state index contributed by atoms with van der Waals surface area (Å²) in [5.74, 6) is 0.682. The number of carbonyl (C=O) groups is 1. The van der Waals surface area contributed by atoms with Crippen LogP contribution < -0.4 is 11.1 Å². The van der Waals surface area contributed by atoms with E-state index in [-0.39, 0.29) is 17.9 Å². The van der Waals surface area contributed by atoms with Gasteiger partial charge >= 0.3 is 0 Å². The van der Waals surface area contributed by atoms with Crippen LogP contribution in [0.5, 0.6) is 0 Å². The third-order valence-electron chi connectivity index (χ3n) is 2.64. The van der Waals surface area contributed by atoms with Crippen molar-refractivity contribution in [3.63, 3.8) is 0 Å². The van der Waals surface area contributed by atoms with Gasteiger partial charge in [-0.1, -0.05) is 0 Å². The molecule has 0 saturated carbocycles. The second kappa shape index (κ2) is 4.38. The van der Waals surface area contributed by atoms with Crippen LogP contribution in [0.1, 0.15) is 19.8 Å². The van der Waals surface area contributed by atoms with Crippen LogP contribution in [0, 0.1) is 0 Å². The number of amides is 1. The quantitative estimate of drug-likeness (QED) is 0.660. The Hall–Kier alpha value is -1.79. The molecule has 88 valence electrons. The smallest absolute Gasteiger partial charge is 0.244 e. The summed E-state index contributed by atoms with van der Waals surface area (Å²) in [6, 6.07) is -0.326. The van der Waals surface area contributed by atoms with Gasteiger partial charge in [0.1, 0.15) is 6.04 Å². The molecule has 1 aromatic heterocycles. The van der Waals surface area contributed by atoms with Gasteiger partial charge in [0, 0.05) is 13.1 Å². The lowest BCUT2D eigenvalue weighted by atomic mass is 10.3. The normalized spacial score (nSPS) is 17.4. The van der Waals surface area contributed by atoms with Crippen molar-refractivity contribution in [3.05, 3.63) is 0 Å². The molecule has 1 aliphatic heterocycles. The van der Waals surface area contributed by atoms with Crippen LogP contribution in [0.25, 0.3) is 0 Å². The fourth-order valence-corrected chi connectivity index (χ4v) is 1.81. The van der Waals surface area contributed by atoms with Gasteiger partial charge in [0.25, 0.3) is 0 Å². The number of aromatic amines is 1. The minimum atomic E-state index is -0.326. The number of rotatable bonds is 3. The summed E-state index contributed by atoms with van der Waals surface area (Å²) in [4.78, 5) is 17.7. The summed E-state index contributed by atoms with van der Waals surface area (Å²) < 4.78 is 0. The third-order valence-corrected chi connectivity index (χ3v) is 2.64. The van der Waals surface area contributed by atoms with Gasteiger partial charge < -0.3 is 16.0 Å². The maximum atomic E-state index is 11.9. The second-order valence-corrected chi connectivity index (χ2v) is 3.94. The Labute approximate surface area is 93.4 Å². The number of nitrogen functional groups attached to an aromatic ring is 1. The number of carbonyl (C=O) groups excluding carboxylic acids is 1. The first kappa shape index (κ1) is 10.7. The third kappa shape index (κ3) is 2.23. The van der Waals surface area contributed by atoms with E-state index in [2.05, 4.69) is 20.5 Å². The highest BCUT2D eigenvalue weighted by Gasteiger charge is 2.23. The van der Waals surface area contributed by atoms with E-state index in [0.717, 1.165) is 25.9 Å². The minimum absolute atomic E-state index is 0.0841. The van der Waals surface area contributed by atoms with Crippen molar-refractivity contribution in [1.29, 1.82) is 0 Å². The first-order chi connectivity index (χ1) is 7.66. The number of H-pyrrole nitrogens is 1. The lowest BCUT2D eigenvalue weighted by Gasteiger charge is -2.20. The van der Waals surface area contributed by atoms with Crippen LogP contribution in [-0.4, -0.2) is 45.1 Å². The monoisotopic (exact) mass is 224 g/mol. The molecule has 16 heavy (non-hydrogen) atoms. The summed E-state index contributed by atoms with van der Waals surface area (Å²) in [5.41, 5.74) is 5.39. The molecule has 0 radical (unpaired) electrons. The molecular weight excluding hydrogens is 208 g/mol. The summed E-state index contributed by atoms with van der Waals surface area (Å²) in [7, 11) is 0. The molecule has 1 fully saturated rings. The molecular formula is C9H16N6O. The summed E-state index contributed by atoms with van der Waals surface area (Å²) in [6.45, 7) is 3.50. The fraction of sp³-hybridized carbons (Fsp3) is 0.667. The molecule has 0 aliphatic carbocycles. The van der Waals surface area contributed by atoms with Crippen LogP contribution in [0.2, 0.25) is 0 Å². The molecule has 0 aromatic carbocycles. The van der Waals surface area contributed by atoms with E-state index < -0.39 is 0 Å². The zero-order chi connectivity index (χ0) is 11.5. The number of aromatic nitrogens is 3. The topological polar surface area (TPSA) is 99.9 Å². The number of nitrogens with two attached hydrogens (primary N) is 1. The number of likely N-dealkylation sites (tertiary alicyclic amines) is 1. The van der Waals surface area contributed by atoms with E-state index in [9.17, 15) is 4.79 Å². The van der Waals surface area contributed by atoms with E-state index >= 15 is 0 Å². The molecule has 0 spiro atoms. The summed E-state index contributed by atoms with van der Waals surface area (Å²) >= 11 is 0. The highest BCUT2D eigenvalue weighted by molar-refractivity contribution is 5.84. The standard InChI is InChI=1S/C9H16N6O/c1-6(7(16)15-4-2-3-5-15)11-9-12-8(10)13-14-9/h6H,2-5H2,1H3,(H4,10,11,12,13,14). The highest BCUT2D eigenvalue weighted by atomic mass is 16.2. The van der Waals surface area contributed by atoms with E-state index in [0.29, 0.717) is 5.95 Å². The first-order valence-electron chi connectivity index (χ1n) is 5.40. The second-order valence-electron chi connectivity index (χ2n) is 3.94. The Bertz CT molecular complexity index is 370. The number of nitrogens with zero attached hydrogens (tertiary/aromatic N) is 3. The predicted molar refractivity (Wildman–Crippen MR) is 59.7 cm³/mol. The van der Waals surface area contributed by atoms with Gasteiger partial charge in [0.15, 0.2) is 0 Å². The average molecular weight is 224 g/mol. The number of anilines is 2. The molecule has 4 N–H and O–H groups in total. The van der Waals surface area contributed by atoms with E-state index in [1.807, 2.05) is 4.90 Å². The van der Waals surface area contributed by atoms with Crippen LogP contribution in [0.3, 0.4) is 0 Å². The molecule has 1 unspecified atom stereocenters. The number of hydrogen-bond donors (Lipinski definition) is 3. The molecule has 1 aromatic rings. The zero-order valence-electron chi connectivity index (χ0n) is 9.23. The van der Waals surface area contributed by atoms with Gasteiger partial charge in [0.05, 0.1) is 0 Å². The van der Waals surface area contributed by atoms with E-state index in [4.69, 9.17) is 5.73 Å². The van der Waals surface area contributed by atoms with Crippen molar-refractivity contribution in [1.82, 2.24) is 20.1 Å². The lowest BCUT2D eigenvalue weighted by Crippen LogP contribution is -2.39. The Morgan fingerprint density at radius 3 is 2.81 bits per heavy atom. The molecule has 7 heteroatoms. The van der Waals surface area contributed by atoms with Gasteiger partial charge in [-0.25, -0.2) is 5.10 Å². The predicted octanol–water partition coefficient (Wildman–Crippen LogP) is -0.190. The van der Waals surface area contributed by atoms with Crippen molar-refractivity contribution < 1.29 is 4.79 Å². The first-order valence-corrected chi connectivity index (χ1v) is 5.40. The van der Waals surface area contributed by atoms with Gasteiger partial charge in [-0.05, 0) is 19.8 Å². The van der Waals surface area contributed by atoms with Crippen molar-refractivity contribution in [3.8, 4) is 0 Å². The number of nitrogens with one attached hydrogen (secondary N) is 2. The van der Waals surface area contributed by atoms with Crippen LogP contribution in [0.15, 0.2) is 0 Å². The van der Waals surface area contributed by atoms with Crippen LogP contribution in [0.4, 0.5) is 11.9 Å². The average Bonchev–Trinajstić information content (AvgIpc) is 2.88. The molecule has 2 heterocycles. The van der Waals surface area contributed by atoms with Crippen molar-refractivity contribution in [2.75, 3.05) is 24.1 Å². The maximum absolute atomic E-state index is 11.9. The maximum Gasteiger partial charge on any atom is 0.244 e. The Kier molecular flexibility index (Phi) is 2.93. The minimum Gasteiger partial charge on any atom is -0.368 e. The van der Waals surface area contributed by atoms with Crippen LogP contribution >= 0.6 is 0 Å². The van der Waals surface area contributed by atoms with Gasteiger partial charge in [0.2, 0.25) is 17.8 Å². The summed E-state index contributed by atoms with van der Waals surface area (Å²) in [5, 5.41) is 9.25. The molecule has 7 nitrogen and oxygen atoms in total. The van der Waals surface area contributed by atoms with Gasteiger partial charge in [-0.2, -0.15) is 4.98 Å². The van der Waals surface area contributed by atoms with Gasteiger partial charge in [-0.3, -0.25) is 4.79 Å². The van der Waals surface area contributed by atoms with Crippen molar-refractivity contribution in [2.45, 2.75) is 25.8 Å². The SMILES string of the molecule is CC(Nc1n[nH]c(N)n1)C(=O)N1CCCC1. The molecule has 1 atom stereocenters. The fourth-order valence-electron chi connectivity index (χ4n) is 1.81. The Morgan fingerprint density at radius 1 is 1.56 bits per heavy atom. The molecule has 1 amide bonds. The molecule has 1 aliphatic rings. The highest BCUT2D eigenvalue weighted by Crippen LogP contribution is 2.10. The number of hydrogen-bond acceptors (Lipinski definition) is 5. The Balaban J connectivity index is 1.91. The van der Waals surface area contributed by atoms with Crippen molar-refractivity contribution in [2.24, 2.45) is 0 Å². The zero-order valence-corrected chi connectivity index (χ0v) is 9.23. The van der Waals surface area contributed by atoms with Crippen molar-refractivity contribution >= 4 is 17.8 Å². The lowest BCUT2D eigenvalue weighted by molar-refractivity contribution is -0.130. The van der Waals surface area contributed by atoms with E-state index in [1.54, 1.807) is 6.92 Å². The molecule has 2 rings (SSSR count). The van der Waals surface area contributed by atoms with Crippen LogP contribution in [-0.2, 0) is 4.79 Å². The van der Waals surface area contributed by atoms with Gasteiger partial charge in [-0.15, -0.1) is 5.10 Å². The molecule has 0 bridgehead atoms. The van der Waals surface area contributed by atoms with E-state index in [1.165, 1.54) is 0 Å². The Morgan fingerprint density at radius 2 is 2.25 bits per heavy atom.